The molecule has 0 heterocycles. The summed E-state index contributed by atoms with van der Waals surface area (Å²) in [5.41, 5.74) is 0.904. The molecule has 7 heteroatoms. The molecule has 0 bridgehead atoms. The number of carbonyl (C=O) groups is 1. The van der Waals surface area contributed by atoms with Gasteiger partial charge in [-0.1, -0.05) is 29.8 Å². The number of sulfone groups is 1. The molecule has 2 aromatic carbocycles. The van der Waals surface area contributed by atoms with E-state index in [0.29, 0.717) is 11.6 Å². The van der Waals surface area contributed by atoms with Crippen molar-refractivity contribution in [3.8, 4) is 5.75 Å². The highest BCUT2D eigenvalue weighted by molar-refractivity contribution is 7.91. The monoisotopic (exact) mass is 367 g/mol. The molecule has 0 saturated carbocycles. The Balaban J connectivity index is 1.86. The normalized spacial score (nSPS) is 11.1. The molecule has 0 spiro atoms. The average Bonchev–Trinajstić information content (AvgIpc) is 2.58. The van der Waals surface area contributed by atoms with Gasteiger partial charge in [0, 0.05) is 18.0 Å². The van der Waals surface area contributed by atoms with Crippen LogP contribution in [0.25, 0.3) is 0 Å². The maximum absolute atomic E-state index is 12.2. The van der Waals surface area contributed by atoms with E-state index in [1.54, 1.807) is 31.4 Å². The Bertz CT molecular complexity index is 804. The minimum Gasteiger partial charge on any atom is -0.497 e. The van der Waals surface area contributed by atoms with Crippen molar-refractivity contribution >= 4 is 27.3 Å². The van der Waals surface area contributed by atoms with Crippen LogP contribution in [0.2, 0.25) is 5.02 Å². The molecule has 0 fully saturated rings. The van der Waals surface area contributed by atoms with Crippen molar-refractivity contribution in [2.75, 3.05) is 12.9 Å². The number of hydrogen-bond acceptors (Lipinski definition) is 4. The molecule has 0 unspecified atom stereocenters. The van der Waals surface area contributed by atoms with E-state index in [1.165, 1.54) is 12.1 Å². The summed E-state index contributed by atoms with van der Waals surface area (Å²) < 4.78 is 29.4. The topological polar surface area (TPSA) is 72.5 Å². The molecule has 0 aliphatic rings. The lowest BCUT2D eigenvalue weighted by molar-refractivity contribution is -0.120. The van der Waals surface area contributed by atoms with Gasteiger partial charge in [-0.05, 0) is 35.9 Å². The van der Waals surface area contributed by atoms with Crippen molar-refractivity contribution in [3.63, 3.8) is 0 Å². The van der Waals surface area contributed by atoms with E-state index >= 15 is 0 Å². The number of benzene rings is 2. The number of halogens is 1. The molecule has 5 nitrogen and oxygen atoms in total. The average molecular weight is 368 g/mol. The second kappa shape index (κ2) is 8.17. The van der Waals surface area contributed by atoms with Crippen molar-refractivity contribution < 1.29 is 17.9 Å². The molecule has 0 aromatic heterocycles. The Morgan fingerprint density at radius 1 is 1.17 bits per heavy atom. The van der Waals surface area contributed by atoms with Gasteiger partial charge in [-0.15, -0.1) is 0 Å². The third-order valence-corrected chi connectivity index (χ3v) is 5.35. The number of amides is 1. The second-order valence-corrected chi connectivity index (χ2v) is 7.70. The smallest absolute Gasteiger partial charge is 0.221 e. The first-order valence-electron chi connectivity index (χ1n) is 7.29. The zero-order chi connectivity index (χ0) is 17.6. The SMILES string of the molecule is COc1ccc(CNC(=O)CCS(=O)(=O)c2cccc(Cl)c2)cc1. The Morgan fingerprint density at radius 2 is 1.88 bits per heavy atom. The van der Waals surface area contributed by atoms with Crippen LogP contribution < -0.4 is 10.1 Å². The number of hydrogen-bond donors (Lipinski definition) is 1. The molecule has 0 saturated heterocycles. The number of ether oxygens (including phenoxy) is 1. The molecule has 24 heavy (non-hydrogen) atoms. The van der Waals surface area contributed by atoms with E-state index in [1.807, 2.05) is 12.1 Å². The molecule has 1 N–H and O–H groups in total. The van der Waals surface area contributed by atoms with Gasteiger partial charge in [0.25, 0.3) is 0 Å². The van der Waals surface area contributed by atoms with Crippen molar-refractivity contribution in [2.45, 2.75) is 17.9 Å². The second-order valence-electron chi connectivity index (χ2n) is 5.15. The van der Waals surface area contributed by atoms with Crippen molar-refractivity contribution in [1.29, 1.82) is 0 Å². The lowest BCUT2D eigenvalue weighted by Crippen LogP contribution is -2.25. The fourth-order valence-electron chi connectivity index (χ4n) is 2.04. The van der Waals surface area contributed by atoms with Gasteiger partial charge in [0.2, 0.25) is 5.91 Å². The van der Waals surface area contributed by atoms with E-state index < -0.39 is 9.84 Å². The van der Waals surface area contributed by atoms with Gasteiger partial charge in [0.1, 0.15) is 5.75 Å². The number of nitrogens with one attached hydrogen (secondary N) is 1. The van der Waals surface area contributed by atoms with E-state index in [-0.39, 0.29) is 23.0 Å². The maximum Gasteiger partial charge on any atom is 0.221 e. The first-order chi connectivity index (χ1) is 11.4. The predicted octanol–water partition coefficient (Wildman–Crippen LogP) is 2.83. The summed E-state index contributed by atoms with van der Waals surface area (Å²) in [4.78, 5) is 12.0. The van der Waals surface area contributed by atoms with Gasteiger partial charge in [0.05, 0.1) is 17.8 Å². The van der Waals surface area contributed by atoms with Gasteiger partial charge in [0.15, 0.2) is 9.84 Å². The molecule has 0 aliphatic carbocycles. The summed E-state index contributed by atoms with van der Waals surface area (Å²) in [5, 5.41) is 3.05. The fraction of sp³-hybridized carbons (Fsp3) is 0.235. The first kappa shape index (κ1) is 18.3. The van der Waals surface area contributed by atoms with Crippen LogP contribution in [0.15, 0.2) is 53.4 Å². The molecule has 2 aromatic rings. The van der Waals surface area contributed by atoms with Crippen LogP contribution >= 0.6 is 11.6 Å². The third kappa shape index (κ3) is 5.25. The van der Waals surface area contributed by atoms with Gasteiger partial charge >= 0.3 is 0 Å². The summed E-state index contributed by atoms with van der Waals surface area (Å²) >= 11 is 5.80. The minimum atomic E-state index is -3.53. The number of rotatable bonds is 7. The van der Waals surface area contributed by atoms with Crippen LogP contribution in [0.5, 0.6) is 5.75 Å². The lowest BCUT2D eigenvalue weighted by atomic mass is 10.2. The summed E-state index contributed by atoms with van der Waals surface area (Å²) in [6.45, 7) is 0.333. The van der Waals surface area contributed by atoms with Crippen molar-refractivity contribution in [2.24, 2.45) is 0 Å². The molecular formula is C17H18ClNO4S. The molecule has 1 amide bonds. The highest BCUT2D eigenvalue weighted by Crippen LogP contribution is 2.17. The van der Waals surface area contributed by atoms with Crippen LogP contribution in [0.3, 0.4) is 0 Å². The summed E-state index contributed by atoms with van der Waals surface area (Å²) in [6, 6.07) is 13.3. The maximum atomic E-state index is 12.2. The Kier molecular flexibility index (Phi) is 6.23. The zero-order valence-electron chi connectivity index (χ0n) is 13.2. The summed E-state index contributed by atoms with van der Waals surface area (Å²) in [6.07, 6.45) is -0.106. The Labute approximate surface area is 146 Å². The van der Waals surface area contributed by atoms with Crippen molar-refractivity contribution in [1.82, 2.24) is 5.32 Å². The van der Waals surface area contributed by atoms with Crippen LogP contribution in [-0.4, -0.2) is 27.2 Å². The highest BCUT2D eigenvalue weighted by atomic mass is 35.5. The fourth-order valence-corrected chi connectivity index (χ4v) is 3.58. The van der Waals surface area contributed by atoms with E-state index in [4.69, 9.17) is 16.3 Å². The molecule has 2 rings (SSSR count). The number of carbonyl (C=O) groups excluding carboxylic acids is 1. The van der Waals surface area contributed by atoms with E-state index in [0.717, 1.165) is 11.3 Å². The van der Waals surface area contributed by atoms with Crippen LogP contribution in [0.4, 0.5) is 0 Å². The molecule has 0 aliphatic heterocycles. The largest absolute Gasteiger partial charge is 0.497 e. The third-order valence-electron chi connectivity index (χ3n) is 3.40. The van der Waals surface area contributed by atoms with Crippen molar-refractivity contribution in [3.05, 3.63) is 59.1 Å². The predicted molar refractivity (Wildman–Crippen MR) is 93.0 cm³/mol. The van der Waals surface area contributed by atoms with E-state index in [2.05, 4.69) is 5.32 Å². The van der Waals surface area contributed by atoms with E-state index in [9.17, 15) is 13.2 Å². The van der Waals surface area contributed by atoms with Crippen LogP contribution in [0, 0.1) is 0 Å². The van der Waals surface area contributed by atoms with Gasteiger partial charge in [-0.2, -0.15) is 0 Å². The summed E-state index contributed by atoms with van der Waals surface area (Å²) in [7, 11) is -1.95. The van der Waals surface area contributed by atoms with Gasteiger partial charge in [-0.3, -0.25) is 4.79 Å². The van der Waals surface area contributed by atoms with Gasteiger partial charge < -0.3 is 10.1 Å². The first-order valence-corrected chi connectivity index (χ1v) is 9.32. The Morgan fingerprint density at radius 3 is 2.50 bits per heavy atom. The molecule has 0 atom stereocenters. The highest BCUT2D eigenvalue weighted by Gasteiger charge is 2.16. The standard InChI is InChI=1S/C17H18ClNO4S/c1-23-15-7-5-13(6-8-15)12-19-17(20)9-10-24(21,22)16-4-2-3-14(18)11-16/h2-8,11H,9-10,12H2,1H3,(H,19,20). The lowest BCUT2D eigenvalue weighted by Gasteiger charge is -2.07. The zero-order valence-corrected chi connectivity index (χ0v) is 14.7. The van der Waals surface area contributed by atoms with Gasteiger partial charge in [-0.25, -0.2) is 8.42 Å². The Hall–Kier alpha value is -2.05. The quantitative estimate of drug-likeness (QED) is 0.816. The summed E-state index contributed by atoms with van der Waals surface area (Å²) in [5.74, 6) is 0.149. The number of methoxy groups -OCH3 is 1. The molecule has 128 valence electrons. The van der Waals surface area contributed by atoms with Crippen LogP contribution in [0.1, 0.15) is 12.0 Å². The molecular weight excluding hydrogens is 350 g/mol. The van der Waals surface area contributed by atoms with Crippen LogP contribution in [-0.2, 0) is 21.2 Å². The minimum absolute atomic E-state index is 0.106. The molecule has 0 radical (unpaired) electrons.